The Morgan fingerprint density at radius 1 is 1.04 bits per heavy atom. The van der Waals surface area contributed by atoms with Crippen LogP contribution in [0.1, 0.15) is 11.8 Å². The standard InChI is InChI=1S/C21H21N3O3S/c22-17-7-5-6-16(14-17)18-8-1-2-10-21(18)28(25,26)24-12-13-27-20(15-24)19-9-3-4-11-23-19/h1-11,14,20H,12-13,15,22H2. The summed E-state index contributed by atoms with van der Waals surface area (Å²) in [7, 11) is -3.71. The lowest BCUT2D eigenvalue weighted by molar-refractivity contribution is -0.00492. The summed E-state index contributed by atoms with van der Waals surface area (Å²) in [6, 6.07) is 19.8. The number of ether oxygens (including phenoxy) is 1. The second-order valence-electron chi connectivity index (χ2n) is 6.60. The molecule has 28 heavy (non-hydrogen) atoms. The highest BCUT2D eigenvalue weighted by Crippen LogP contribution is 2.32. The number of hydrogen-bond donors (Lipinski definition) is 1. The molecule has 1 fully saturated rings. The van der Waals surface area contributed by atoms with Crippen LogP contribution < -0.4 is 5.73 Å². The molecule has 4 rings (SSSR count). The lowest BCUT2D eigenvalue weighted by Crippen LogP contribution is -2.42. The molecule has 1 aromatic heterocycles. The van der Waals surface area contributed by atoms with E-state index < -0.39 is 10.0 Å². The van der Waals surface area contributed by atoms with E-state index in [0.717, 1.165) is 11.3 Å². The summed E-state index contributed by atoms with van der Waals surface area (Å²) >= 11 is 0. The summed E-state index contributed by atoms with van der Waals surface area (Å²) in [6.07, 6.45) is 1.30. The number of nitrogens with two attached hydrogens (primary N) is 1. The molecule has 6 nitrogen and oxygen atoms in total. The van der Waals surface area contributed by atoms with Crippen LogP contribution in [0.3, 0.4) is 0 Å². The molecular formula is C21H21N3O3S. The predicted molar refractivity (Wildman–Crippen MR) is 108 cm³/mol. The second-order valence-corrected chi connectivity index (χ2v) is 8.51. The monoisotopic (exact) mass is 395 g/mol. The van der Waals surface area contributed by atoms with Crippen molar-refractivity contribution in [2.24, 2.45) is 0 Å². The number of hydrogen-bond acceptors (Lipinski definition) is 5. The second kappa shape index (κ2) is 7.71. The van der Waals surface area contributed by atoms with Crippen LogP contribution in [0, 0.1) is 0 Å². The summed E-state index contributed by atoms with van der Waals surface area (Å²) in [5.74, 6) is 0. The number of pyridine rings is 1. The maximum absolute atomic E-state index is 13.5. The molecule has 1 aliphatic rings. The van der Waals surface area contributed by atoms with Crippen molar-refractivity contribution < 1.29 is 13.2 Å². The number of nitrogen functional groups attached to an aromatic ring is 1. The largest absolute Gasteiger partial charge is 0.399 e. The highest BCUT2D eigenvalue weighted by Gasteiger charge is 2.33. The van der Waals surface area contributed by atoms with Crippen LogP contribution in [0.15, 0.2) is 77.8 Å². The first-order chi connectivity index (χ1) is 13.6. The Morgan fingerprint density at radius 3 is 2.64 bits per heavy atom. The Labute approximate surface area is 164 Å². The molecule has 7 heteroatoms. The number of morpholine rings is 1. The van der Waals surface area contributed by atoms with E-state index >= 15 is 0 Å². The number of aromatic nitrogens is 1. The highest BCUT2D eigenvalue weighted by atomic mass is 32.2. The Hall–Kier alpha value is -2.74. The highest BCUT2D eigenvalue weighted by molar-refractivity contribution is 7.89. The Balaban J connectivity index is 1.69. The summed E-state index contributed by atoms with van der Waals surface area (Å²) in [5.41, 5.74) is 8.62. The van der Waals surface area contributed by atoms with E-state index in [9.17, 15) is 8.42 Å². The van der Waals surface area contributed by atoms with E-state index in [4.69, 9.17) is 10.5 Å². The summed E-state index contributed by atoms with van der Waals surface area (Å²) in [6.45, 7) is 0.850. The molecule has 2 N–H and O–H groups in total. The zero-order valence-corrected chi connectivity index (χ0v) is 16.0. The van der Waals surface area contributed by atoms with E-state index in [0.29, 0.717) is 24.4 Å². The quantitative estimate of drug-likeness (QED) is 0.686. The Morgan fingerprint density at radius 2 is 1.86 bits per heavy atom. The van der Waals surface area contributed by atoms with Crippen LogP contribution in [0.25, 0.3) is 11.1 Å². The molecule has 3 aromatic rings. The molecule has 2 heterocycles. The number of rotatable bonds is 4. The van der Waals surface area contributed by atoms with Gasteiger partial charge in [0.05, 0.1) is 17.2 Å². The number of nitrogens with zero attached hydrogens (tertiary/aromatic N) is 2. The smallest absolute Gasteiger partial charge is 0.243 e. The Bertz CT molecular complexity index is 1070. The first-order valence-corrected chi connectivity index (χ1v) is 10.5. The van der Waals surface area contributed by atoms with Crippen LogP contribution in [0.4, 0.5) is 5.69 Å². The van der Waals surface area contributed by atoms with Gasteiger partial charge in [-0.05, 0) is 35.9 Å². The molecule has 0 amide bonds. The van der Waals surface area contributed by atoms with Crippen molar-refractivity contribution in [1.29, 1.82) is 0 Å². The van der Waals surface area contributed by atoms with Crippen molar-refractivity contribution in [1.82, 2.24) is 9.29 Å². The third-order valence-electron chi connectivity index (χ3n) is 4.75. The third kappa shape index (κ3) is 3.64. The lowest BCUT2D eigenvalue weighted by atomic mass is 10.1. The zero-order chi connectivity index (χ0) is 19.6. The fourth-order valence-corrected chi connectivity index (χ4v) is 5.00. The molecule has 0 saturated carbocycles. The average molecular weight is 395 g/mol. The van der Waals surface area contributed by atoms with Crippen molar-refractivity contribution in [2.75, 3.05) is 25.4 Å². The average Bonchev–Trinajstić information content (AvgIpc) is 2.74. The molecule has 1 atom stereocenters. The van der Waals surface area contributed by atoms with Gasteiger partial charge in [-0.3, -0.25) is 4.98 Å². The van der Waals surface area contributed by atoms with Crippen molar-refractivity contribution in [2.45, 2.75) is 11.0 Å². The zero-order valence-electron chi connectivity index (χ0n) is 15.2. The SMILES string of the molecule is Nc1cccc(-c2ccccc2S(=O)(=O)N2CCOC(c3ccccn3)C2)c1. The van der Waals surface area contributed by atoms with Gasteiger partial charge < -0.3 is 10.5 Å². The van der Waals surface area contributed by atoms with E-state index in [2.05, 4.69) is 4.98 Å². The minimum Gasteiger partial charge on any atom is -0.399 e. The number of benzene rings is 2. The van der Waals surface area contributed by atoms with Gasteiger partial charge in [0.1, 0.15) is 6.10 Å². The first-order valence-electron chi connectivity index (χ1n) is 9.03. The van der Waals surface area contributed by atoms with Crippen molar-refractivity contribution in [3.63, 3.8) is 0 Å². The Kier molecular flexibility index (Phi) is 5.13. The lowest BCUT2D eigenvalue weighted by Gasteiger charge is -2.32. The molecule has 144 valence electrons. The first kappa shape index (κ1) is 18.6. The maximum Gasteiger partial charge on any atom is 0.243 e. The predicted octanol–water partition coefficient (Wildman–Crippen LogP) is 3.09. The normalized spacial score (nSPS) is 18.1. The minimum absolute atomic E-state index is 0.227. The summed E-state index contributed by atoms with van der Waals surface area (Å²) < 4.78 is 34.2. The maximum atomic E-state index is 13.5. The molecule has 0 aliphatic carbocycles. The van der Waals surface area contributed by atoms with Crippen molar-refractivity contribution in [3.8, 4) is 11.1 Å². The minimum atomic E-state index is -3.71. The van der Waals surface area contributed by atoms with Gasteiger partial charge in [0.25, 0.3) is 0 Å². The van der Waals surface area contributed by atoms with Gasteiger partial charge in [0.2, 0.25) is 10.0 Å². The number of sulfonamides is 1. The molecule has 1 unspecified atom stereocenters. The van der Waals surface area contributed by atoms with Gasteiger partial charge in [0.15, 0.2) is 0 Å². The van der Waals surface area contributed by atoms with Gasteiger partial charge in [0, 0.05) is 30.5 Å². The van der Waals surface area contributed by atoms with Gasteiger partial charge in [-0.25, -0.2) is 8.42 Å². The molecule has 2 aromatic carbocycles. The van der Waals surface area contributed by atoms with Crippen LogP contribution >= 0.6 is 0 Å². The van der Waals surface area contributed by atoms with E-state index in [-0.39, 0.29) is 17.5 Å². The molecule has 0 spiro atoms. The summed E-state index contributed by atoms with van der Waals surface area (Å²) in [5, 5.41) is 0. The van der Waals surface area contributed by atoms with E-state index in [1.807, 2.05) is 36.4 Å². The van der Waals surface area contributed by atoms with Gasteiger partial charge in [-0.1, -0.05) is 36.4 Å². The third-order valence-corrected chi connectivity index (χ3v) is 6.67. The molecule has 1 aliphatic heterocycles. The van der Waals surface area contributed by atoms with Crippen LogP contribution in [0.2, 0.25) is 0 Å². The van der Waals surface area contributed by atoms with Gasteiger partial charge in [-0.2, -0.15) is 4.31 Å². The van der Waals surface area contributed by atoms with Crippen LogP contribution in [0.5, 0.6) is 0 Å². The molecule has 0 radical (unpaired) electrons. The van der Waals surface area contributed by atoms with Gasteiger partial charge >= 0.3 is 0 Å². The van der Waals surface area contributed by atoms with E-state index in [1.165, 1.54) is 4.31 Å². The van der Waals surface area contributed by atoms with Crippen molar-refractivity contribution >= 4 is 15.7 Å². The van der Waals surface area contributed by atoms with E-state index in [1.54, 1.807) is 36.5 Å². The fraction of sp³-hybridized carbons (Fsp3) is 0.190. The topological polar surface area (TPSA) is 85.5 Å². The van der Waals surface area contributed by atoms with Gasteiger partial charge in [-0.15, -0.1) is 0 Å². The van der Waals surface area contributed by atoms with Crippen LogP contribution in [-0.4, -0.2) is 37.4 Å². The molecule has 0 bridgehead atoms. The summed E-state index contributed by atoms with van der Waals surface area (Å²) in [4.78, 5) is 4.57. The molecular weight excluding hydrogens is 374 g/mol. The fourth-order valence-electron chi connectivity index (χ4n) is 3.36. The van der Waals surface area contributed by atoms with Crippen LogP contribution in [-0.2, 0) is 14.8 Å². The van der Waals surface area contributed by atoms with Crippen molar-refractivity contribution in [3.05, 3.63) is 78.6 Å². The molecule has 1 saturated heterocycles. The number of anilines is 1.